The largest absolute Gasteiger partial charge is 0.419 e. The van der Waals surface area contributed by atoms with E-state index in [9.17, 15) is 14.4 Å². The summed E-state index contributed by atoms with van der Waals surface area (Å²) in [5.41, 5.74) is 0.998. The Morgan fingerprint density at radius 3 is 3.00 bits per heavy atom. The molecule has 1 atom stereocenters. The molecule has 0 spiro atoms. The lowest BCUT2D eigenvalue weighted by atomic mass is 10.2. The van der Waals surface area contributed by atoms with E-state index in [1.807, 2.05) is 0 Å². The van der Waals surface area contributed by atoms with E-state index in [1.165, 1.54) is 4.57 Å². The summed E-state index contributed by atoms with van der Waals surface area (Å²) >= 11 is 5.89. The van der Waals surface area contributed by atoms with Crippen LogP contribution in [0.25, 0.3) is 11.1 Å². The molecule has 1 fully saturated rings. The van der Waals surface area contributed by atoms with Gasteiger partial charge in [0, 0.05) is 50.7 Å². The van der Waals surface area contributed by atoms with Gasteiger partial charge in [-0.1, -0.05) is 11.6 Å². The molecule has 9 heteroatoms. The molecule has 0 bridgehead atoms. The van der Waals surface area contributed by atoms with E-state index in [2.05, 4.69) is 10.6 Å². The highest BCUT2D eigenvalue weighted by Gasteiger charge is 2.27. The number of halogens is 1. The molecule has 2 amide bonds. The number of fused-ring (bicyclic) bond motifs is 1. The minimum atomic E-state index is -0.520. The van der Waals surface area contributed by atoms with E-state index in [-0.39, 0.29) is 24.8 Å². The maximum Gasteiger partial charge on any atom is 0.419 e. The number of piperazine rings is 1. The Bertz CT molecular complexity index is 859. The van der Waals surface area contributed by atoms with Gasteiger partial charge in [0.05, 0.1) is 5.52 Å². The molecule has 2 N–H and O–H groups in total. The Labute approximate surface area is 148 Å². The molecule has 25 heavy (non-hydrogen) atoms. The minimum absolute atomic E-state index is 0.106. The summed E-state index contributed by atoms with van der Waals surface area (Å²) in [6, 6.07) is 4.52. The number of carbonyl (C=O) groups is 2. The first-order valence-corrected chi connectivity index (χ1v) is 8.39. The van der Waals surface area contributed by atoms with Crippen LogP contribution in [0.4, 0.5) is 0 Å². The summed E-state index contributed by atoms with van der Waals surface area (Å²) in [4.78, 5) is 37.8. The highest BCUT2D eigenvalue weighted by atomic mass is 35.5. The number of aryl methyl sites for hydroxylation is 1. The molecule has 1 unspecified atom stereocenters. The van der Waals surface area contributed by atoms with Gasteiger partial charge < -0.3 is 20.0 Å². The van der Waals surface area contributed by atoms with Crippen molar-refractivity contribution in [2.45, 2.75) is 19.0 Å². The van der Waals surface area contributed by atoms with Gasteiger partial charge in [0.25, 0.3) is 0 Å². The van der Waals surface area contributed by atoms with Gasteiger partial charge in [0.1, 0.15) is 6.04 Å². The fourth-order valence-corrected chi connectivity index (χ4v) is 3.11. The van der Waals surface area contributed by atoms with Crippen LogP contribution in [-0.4, -0.2) is 54.0 Å². The highest BCUT2D eigenvalue weighted by Crippen LogP contribution is 2.18. The number of amides is 2. The first-order valence-electron chi connectivity index (χ1n) is 8.01. The zero-order valence-corrected chi connectivity index (χ0v) is 14.5. The molecule has 2 aromatic rings. The van der Waals surface area contributed by atoms with Crippen LogP contribution in [0.2, 0.25) is 5.02 Å². The minimum Gasteiger partial charge on any atom is -0.408 e. The Balaban J connectivity index is 1.67. The molecular formula is C16H19ClN4O4. The Morgan fingerprint density at radius 2 is 2.24 bits per heavy atom. The molecule has 0 saturated carbocycles. The third-order valence-corrected chi connectivity index (χ3v) is 4.51. The monoisotopic (exact) mass is 366 g/mol. The molecule has 2 heterocycles. The van der Waals surface area contributed by atoms with Crippen LogP contribution in [0.3, 0.4) is 0 Å². The number of rotatable bonds is 4. The van der Waals surface area contributed by atoms with Crippen LogP contribution in [-0.2, 0) is 16.1 Å². The van der Waals surface area contributed by atoms with Crippen LogP contribution in [0.1, 0.15) is 6.42 Å². The van der Waals surface area contributed by atoms with E-state index in [4.69, 9.17) is 16.0 Å². The maximum absolute atomic E-state index is 12.5. The molecule has 1 aliphatic rings. The van der Waals surface area contributed by atoms with Gasteiger partial charge in [0.2, 0.25) is 11.8 Å². The van der Waals surface area contributed by atoms with Gasteiger partial charge in [-0.25, -0.2) is 4.79 Å². The van der Waals surface area contributed by atoms with Gasteiger partial charge in [-0.05, 0) is 12.1 Å². The molecule has 1 saturated heterocycles. The summed E-state index contributed by atoms with van der Waals surface area (Å²) in [7, 11) is 1.56. The summed E-state index contributed by atoms with van der Waals surface area (Å²) in [6.07, 6.45) is 0.150. The Hall–Kier alpha value is -2.32. The second-order valence-corrected chi connectivity index (χ2v) is 6.28. The number of oxazole rings is 1. The van der Waals surface area contributed by atoms with Crippen molar-refractivity contribution in [2.75, 3.05) is 26.7 Å². The second kappa shape index (κ2) is 7.28. The number of hydrogen-bond acceptors (Lipinski definition) is 5. The standard InChI is InChI=1S/C16H19ClN4O4/c1-18-15(23)11-9-20(7-5-19-11)14(22)4-6-21-12-3-2-10(17)8-13(12)25-16(21)24/h2-3,8,11,19H,4-7,9H2,1H3,(H,18,23). The maximum atomic E-state index is 12.5. The molecule has 0 radical (unpaired) electrons. The van der Waals surface area contributed by atoms with Crippen LogP contribution in [0.5, 0.6) is 0 Å². The average molecular weight is 367 g/mol. The molecule has 8 nitrogen and oxygen atoms in total. The molecule has 1 aromatic carbocycles. The van der Waals surface area contributed by atoms with E-state index in [0.29, 0.717) is 35.8 Å². The van der Waals surface area contributed by atoms with Crippen molar-refractivity contribution in [3.63, 3.8) is 0 Å². The van der Waals surface area contributed by atoms with Crippen molar-refractivity contribution in [3.05, 3.63) is 33.8 Å². The number of nitrogens with zero attached hydrogens (tertiary/aromatic N) is 2. The molecule has 1 aliphatic heterocycles. The van der Waals surface area contributed by atoms with Crippen LogP contribution < -0.4 is 16.4 Å². The number of benzene rings is 1. The quantitative estimate of drug-likeness (QED) is 0.805. The van der Waals surface area contributed by atoms with Gasteiger partial charge in [-0.3, -0.25) is 14.2 Å². The Morgan fingerprint density at radius 1 is 1.44 bits per heavy atom. The molecule has 3 rings (SSSR count). The summed E-state index contributed by atoms with van der Waals surface area (Å²) in [6.45, 7) is 1.61. The van der Waals surface area contributed by atoms with Crippen molar-refractivity contribution in [1.29, 1.82) is 0 Å². The van der Waals surface area contributed by atoms with Crippen molar-refractivity contribution < 1.29 is 14.0 Å². The lowest BCUT2D eigenvalue weighted by molar-refractivity contribution is -0.134. The first kappa shape index (κ1) is 17.5. The normalized spacial score (nSPS) is 17.7. The number of hydrogen-bond donors (Lipinski definition) is 2. The topological polar surface area (TPSA) is 96.6 Å². The highest BCUT2D eigenvalue weighted by molar-refractivity contribution is 6.31. The second-order valence-electron chi connectivity index (χ2n) is 5.84. The molecule has 0 aliphatic carbocycles. The van der Waals surface area contributed by atoms with Gasteiger partial charge in [0.15, 0.2) is 5.58 Å². The van der Waals surface area contributed by atoms with Crippen LogP contribution in [0, 0.1) is 0 Å². The van der Waals surface area contributed by atoms with Crippen molar-refractivity contribution in [1.82, 2.24) is 20.1 Å². The zero-order chi connectivity index (χ0) is 18.0. The van der Waals surface area contributed by atoms with E-state index < -0.39 is 11.8 Å². The number of nitrogens with one attached hydrogen (secondary N) is 2. The summed E-state index contributed by atoms with van der Waals surface area (Å²) in [5.74, 6) is -0.773. The lowest BCUT2D eigenvalue weighted by Gasteiger charge is -2.32. The van der Waals surface area contributed by atoms with Gasteiger partial charge in [-0.15, -0.1) is 0 Å². The van der Waals surface area contributed by atoms with Gasteiger partial charge in [-0.2, -0.15) is 0 Å². The SMILES string of the molecule is CNC(=O)C1CN(C(=O)CCn2c(=O)oc3cc(Cl)ccc32)CCN1. The fourth-order valence-electron chi connectivity index (χ4n) is 2.94. The van der Waals surface area contributed by atoms with Crippen molar-refractivity contribution >= 4 is 34.5 Å². The van der Waals surface area contributed by atoms with E-state index in [0.717, 1.165) is 0 Å². The van der Waals surface area contributed by atoms with E-state index in [1.54, 1.807) is 30.1 Å². The average Bonchev–Trinajstić information content (AvgIpc) is 2.93. The predicted molar refractivity (Wildman–Crippen MR) is 92.5 cm³/mol. The first-order chi connectivity index (χ1) is 12.0. The smallest absolute Gasteiger partial charge is 0.408 e. The van der Waals surface area contributed by atoms with Crippen LogP contribution >= 0.6 is 11.6 Å². The van der Waals surface area contributed by atoms with Gasteiger partial charge >= 0.3 is 5.76 Å². The zero-order valence-electron chi connectivity index (χ0n) is 13.8. The Kier molecular flexibility index (Phi) is 5.10. The third kappa shape index (κ3) is 3.69. The third-order valence-electron chi connectivity index (χ3n) is 4.27. The predicted octanol–water partition coefficient (Wildman–Crippen LogP) is 0.184. The summed E-state index contributed by atoms with van der Waals surface area (Å²) in [5, 5.41) is 6.12. The lowest BCUT2D eigenvalue weighted by Crippen LogP contribution is -2.58. The number of carbonyl (C=O) groups excluding carboxylic acids is 2. The summed E-state index contributed by atoms with van der Waals surface area (Å²) < 4.78 is 6.57. The molecule has 1 aromatic heterocycles. The molecular weight excluding hydrogens is 348 g/mol. The number of aromatic nitrogens is 1. The van der Waals surface area contributed by atoms with E-state index >= 15 is 0 Å². The molecule has 134 valence electrons. The fraction of sp³-hybridized carbons (Fsp3) is 0.438. The number of likely N-dealkylation sites (N-methyl/N-ethyl adjacent to an activating group) is 1. The van der Waals surface area contributed by atoms with Crippen LogP contribution in [0.15, 0.2) is 27.4 Å². The van der Waals surface area contributed by atoms with Crippen molar-refractivity contribution in [3.8, 4) is 0 Å². The van der Waals surface area contributed by atoms with Crippen molar-refractivity contribution in [2.24, 2.45) is 0 Å².